The lowest BCUT2D eigenvalue weighted by Crippen LogP contribution is -2.36. The van der Waals surface area contributed by atoms with Gasteiger partial charge in [-0.05, 0) is 29.3 Å². The second kappa shape index (κ2) is 9.57. The second-order valence-corrected chi connectivity index (χ2v) is 6.74. The summed E-state index contributed by atoms with van der Waals surface area (Å²) < 4.78 is 5.40. The zero-order chi connectivity index (χ0) is 18.2. The summed E-state index contributed by atoms with van der Waals surface area (Å²) >= 11 is 5.87. The number of halogens is 1. The Morgan fingerprint density at radius 3 is 2.58 bits per heavy atom. The molecule has 0 spiro atoms. The van der Waals surface area contributed by atoms with Gasteiger partial charge in [0.25, 0.3) is 0 Å². The summed E-state index contributed by atoms with van der Waals surface area (Å²) in [5.74, 6) is -0.0406. The number of benzene rings is 2. The van der Waals surface area contributed by atoms with Crippen LogP contribution >= 0.6 is 11.6 Å². The number of hydrogen-bond acceptors (Lipinski definition) is 4. The third-order valence-electron chi connectivity index (χ3n) is 4.36. The van der Waals surface area contributed by atoms with Gasteiger partial charge in [-0.25, -0.2) is 0 Å². The van der Waals surface area contributed by atoms with Crippen LogP contribution in [-0.2, 0) is 22.6 Å². The van der Waals surface area contributed by atoms with Gasteiger partial charge in [0.05, 0.1) is 19.8 Å². The number of hydrogen-bond donors (Lipinski definition) is 2. The van der Waals surface area contributed by atoms with Crippen LogP contribution in [0.25, 0.3) is 0 Å². The molecule has 138 valence electrons. The number of ether oxygens (including phenoxy) is 1. The zero-order valence-electron chi connectivity index (χ0n) is 14.7. The number of amides is 1. The molecule has 5 nitrogen and oxygen atoms in total. The van der Waals surface area contributed by atoms with Crippen molar-refractivity contribution in [1.82, 2.24) is 10.2 Å². The van der Waals surface area contributed by atoms with Crippen molar-refractivity contribution in [3.8, 4) is 0 Å². The average Bonchev–Trinajstić information content (AvgIpc) is 2.68. The molecule has 0 atom stereocenters. The largest absolute Gasteiger partial charge is 0.379 e. The Morgan fingerprint density at radius 1 is 1.08 bits per heavy atom. The minimum atomic E-state index is -0.0406. The summed E-state index contributed by atoms with van der Waals surface area (Å²) in [6, 6.07) is 15.6. The maximum absolute atomic E-state index is 12.1. The Kier molecular flexibility index (Phi) is 6.89. The molecule has 6 heteroatoms. The van der Waals surface area contributed by atoms with Crippen molar-refractivity contribution < 1.29 is 9.53 Å². The van der Waals surface area contributed by atoms with Crippen LogP contribution < -0.4 is 10.6 Å². The van der Waals surface area contributed by atoms with Crippen molar-refractivity contribution in [2.24, 2.45) is 0 Å². The molecule has 0 aliphatic carbocycles. The van der Waals surface area contributed by atoms with Crippen LogP contribution in [0.4, 0.5) is 5.69 Å². The highest BCUT2D eigenvalue weighted by atomic mass is 35.5. The van der Waals surface area contributed by atoms with E-state index in [-0.39, 0.29) is 12.5 Å². The Labute approximate surface area is 159 Å². The molecule has 1 fully saturated rings. The topological polar surface area (TPSA) is 53.6 Å². The first-order valence-corrected chi connectivity index (χ1v) is 9.21. The Hall–Kier alpha value is -2.08. The lowest BCUT2D eigenvalue weighted by molar-refractivity contribution is -0.119. The van der Waals surface area contributed by atoms with Crippen LogP contribution in [0.1, 0.15) is 11.1 Å². The molecule has 3 rings (SSSR count). The molecular formula is C20H24ClN3O2. The normalized spacial score (nSPS) is 14.8. The first-order valence-electron chi connectivity index (χ1n) is 8.84. The molecule has 0 aromatic heterocycles. The van der Waals surface area contributed by atoms with Gasteiger partial charge in [0, 0.05) is 36.9 Å². The molecule has 2 aromatic rings. The van der Waals surface area contributed by atoms with E-state index in [4.69, 9.17) is 16.3 Å². The third-order valence-corrected chi connectivity index (χ3v) is 4.61. The maximum Gasteiger partial charge on any atom is 0.239 e. The minimum absolute atomic E-state index is 0.0406. The van der Waals surface area contributed by atoms with E-state index in [2.05, 4.69) is 21.6 Å². The van der Waals surface area contributed by atoms with E-state index in [1.807, 2.05) is 42.5 Å². The van der Waals surface area contributed by atoms with E-state index in [0.717, 1.165) is 44.1 Å². The molecule has 1 saturated heterocycles. The van der Waals surface area contributed by atoms with Crippen LogP contribution in [0.5, 0.6) is 0 Å². The highest BCUT2D eigenvalue weighted by Gasteiger charge is 2.13. The predicted octanol–water partition coefficient (Wildman–Crippen LogP) is 2.90. The van der Waals surface area contributed by atoms with Gasteiger partial charge in [0.2, 0.25) is 5.91 Å². The molecule has 0 unspecified atom stereocenters. The maximum atomic E-state index is 12.1. The molecule has 1 aliphatic rings. The van der Waals surface area contributed by atoms with E-state index in [0.29, 0.717) is 11.6 Å². The van der Waals surface area contributed by atoms with E-state index in [1.54, 1.807) is 0 Å². The SMILES string of the molecule is O=C(CNc1ccccc1CN1CCOCC1)NCc1ccc(Cl)cc1. The van der Waals surface area contributed by atoms with E-state index in [9.17, 15) is 4.79 Å². The quantitative estimate of drug-likeness (QED) is 0.783. The summed E-state index contributed by atoms with van der Waals surface area (Å²) in [4.78, 5) is 14.5. The highest BCUT2D eigenvalue weighted by molar-refractivity contribution is 6.30. The molecule has 1 aliphatic heterocycles. The van der Waals surface area contributed by atoms with E-state index < -0.39 is 0 Å². The summed E-state index contributed by atoms with van der Waals surface area (Å²) in [6.45, 7) is 5.04. The number of nitrogens with one attached hydrogen (secondary N) is 2. The van der Waals surface area contributed by atoms with Crippen molar-refractivity contribution in [2.75, 3.05) is 38.2 Å². The zero-order valence-corrected chi connectivity index (χ0v) is 15.5. The number of nitrogens with zero attached hydrogens (tertiary/aromatic N) is 1. The highest BCUT2D eigenvalue weighted by Crippen LogP contribution is 2.17. The fourth-order valence-corrected chi connectivity index (χ4v) is 3.00. The second-order valence-electron chi connectivity index (χ2n) is 6.30. The third kappa shape index (κ3) is 5.73. The van der Waals surface area contributed by atoms with Crippen molar-refractivity contribution >= 4 is 23.2 Å². The van der Waals surface area contributed by atoms with Crippen molar-refractivity contribution in [3.63, 3.8) is 0 Å². The molecule has 0 bridgehead atoms. The number of rotatable bonds is 7. The number of anilines is 1. The first kappa shape index (κ1) is 18.7. The van der Waals surface area contributed by atoms with Crippen LogP contribution in [-0.4, -0.2) is 43.7 Å². The van der Waals surface area contributed by atoms with Crippen LogP contribution in [0.3, 0.4) is 0 Å². The van der Waals surface area contributed by atoms with Crippen LogP contribution in [0.2, 0.25) is 5.02 Å². The van der Waals surface area contributed by atoms with Gasteiger partial charge >= 0.3 is 0 Å². The van der Waals surface area contributed by atoms with Gasteiger partial charge in [0.1, 0.15) is 0 Å². The Balaban J connectivity index is 1.49. The standard InChI is InChI=1S/C20H24ClN3O2/c21-18-7-5-16(6-8-18)13-23-20(25)14-22-19-4-2-1-3-17(19)15-24-9-11-26-12-10-24/h1-8,22H,9-15H2,(H,23,25). The molecular weight excluding hydrogens is 350 g/mol. The molecule has 2 aromatic carbocycles. The predicted molar refractivity (Wildman–Crippen MR) is 104 cm³/mol. The van der Waals surface area contributed by atoms with Gasteiger partial charge in [-0.3, -0.25) is 9.69 Å². The summed E-state index contributed by atoms with van der Waals surface area (Å²) in [6.07, 6.45) is 0. The lowest BCUT2D eigenvalue weighted by Gasteiger charge is -2.27. The molecule has 0 saturated carbocycles. The van der Waals surface area contributed by atoms with Crippen LogP contribution in [0, 0.1) is 0 Å². The molecule has 0 radical (unpaired) electrons. The summed E-state index contributed by atoms with van der Waals surface area (Å²) in [5.41, 5.74) is 3.22. The van der Waals surface area contributed by atoms with Crippen molar-refractivity contribution in [2.45, 2.75) is 13.1 Å². The smallest absolute Gasteiger partial charge is 0.239 e. The van der Waals surface area contributed by atoms with Crippen molar-refractivity contribution in [1.29, 1.82) is 0 Å². The van der Waals surface area contributed by atoms with Gasteiger partial charge in [0.15, 0.2) is 0 Å². The number of carbonyl (C=O) groups is 1. The van der Waals surface area contributed by atoms with Crippen molar-refractivity contribution in [3.05, 3.63) is 64.7 Å². The summed E-state index contributed by atoms with van der Waals surface area (Å²) in [7, 11) is 0. The number of morpholine rings is 1. The molecule has 1 amide bonds. The molecule has 1 heterocycles. The monoisotopic (exact) mass is 373 g/mol. The van der Waals surface area contributed by atoms with E-state index >= 15 is 0 Å². The fraction of sp³-hybridized carbons (Fsp3) is 0.350. The Morgan fingerprint density at radius 2 is 1.81 bits per heavy atom. The first-order chi connectivity index (χ1) is 12.7. The molecule has 26 heavy (non-hydrogen) atoms. The average molecular weight is 374 g/mol. The van der Waals surface area contributed by atoms with Gasteiger partial charge < -0.3 is 15.4 Å². The van der Waals surface area contributed by atoms with Gasteiger partial charge in [-0.1, -0.05) is 41.9 Å². The molecule has 2 N–H and O–H groups in total. The number of carbonyl (C=O) groups excluding carboxylic acids is 1. The number of para-hydroxylation sites is 1. The Bertz CT molecular complexity index is 715. The summed E-state index contributed by atoms with van der Waals surface area (Å²) in [5, 5.41) is 6.87. The van der Waals surface area contributed by atoms with Crippen LogP contribution in [0.15, 0.2) is 48.5 Å². The van der Waals surface area contributed by atoms with Gasteiger partial charge in [-0.15, -0.1) is 0 Å². The lowest BCUT2D eigenvalue weighted by atomic mass is 10.1. The fourth-order valence-electron chi connectivity index (χ4n) is 2.87. The van der Waals surface area contributed by atoms with Gasteiger partial charge in [-0.2, -0.15) is 0 Å². The van der Waals surface area contributed by atoms with E-state index in [1.165, 1.54) is 5.56 Å². The minimum Gasteiger partial charge on any atom is -0.379 e.